The Morgan fingerprint density at radius 2 is 1.81 bits per heavy atom. The monoisotopic (exact) mass is 483 g/mol. The molecule has 3 rings (SSSR count). The lowest BCUT2D eigenvalue weighted by Gasteiger charge is -2.36. The summed E-state index contributed by atoms with van der Waals surface area (Å²) in [7, 11) is 1.86. The zero-order chi connectivity index (χ0) is 18.2. The van der Waals surface area contributed by atoms with Crippen LogP contribution in [0.1, 0.15) is 23.7 Å². The average Bonchev–Trinajstić information content (AvgIpc) is 3.20. The molecule has 1 aromatic carbocycles. The van der Waals surface area contributed by atoms with E-state index in [9.17, 15) is 0 Å². The van der Waals surface area contributed by atoms with Gasteiger partial charge in [-0.25, -0.2) is 0 Å². The van der Waals surface area contributed by atoms with Crippen molar-refractivity contribution in [2.45, 2.75) is 26.3 Å². The number of hydrogen-bond donors (Lipinski definition) is 1. The maximum absolute atomic E-state index is 4.91. The molecule has 0 atom stereocenters. The van der Waals surface area contributed by atoms with Crippen molar-refractivity contribution in [3.63, 3.8) is 0 Å². The number of aliphatic imine (C=N–C) groups is 1. The van der Waals surface area contributed by atoms with Crippen LogP contribution in [0.15, 0.2) is 46.1 Å². The Balaban J connectivity index is 0.00000261. The van der Waals surface area contributed by atoms with Gasteiger partial charge in [0.15, 0.2) is 5.96 Å². The number of hydrogen-bond acceptors (Lipinski definition) is 4. The molecule has 0 radical (unpaired) electrons. The maximum atomic E-state index is 4.91. The highest BCUT2D eigenvalue weighted by atomic mass is 127. The third kappa shape index (κ3) is 6.49. The van der Waals surface area contributed by atoms with E-state index < -0.39 is 0 Å². The van der Waals surface area contributed by atoms with Crippen LogP contribution in [0.2, 0.25) is 0 Å². The first-order valence-corrected chi connectivity index (χ1v) is 9.43. The molecule has 2 heterocycles. The van der Waals surface area contributed by atoms with E-state index in [1.165, 1.54) is 11.1 Å². The topological polar surface area (TPSA) is 56.9 Å². The standard InChI is InChI=1S/C20H29N5O.HI/c1-3-17-4-6-18(7-5-17)8-10-22-20(21-2)25-13-11-24(12-14-25)16-19-9-15-26-23-19;/h4-7,9,15H,3,8,10-14,16H2,1-2H3,(H,21,22);1H. The zero-order valence-electron chi connectivity index (χ0n) is 16.2. The SMILES string of the molecule is CCc1ccc(CCNC(=NC)N2CCN(Cc3ccon3)CC2)cc1.I. The summed E-state index contributed by atoms with van der Waals surface area (Å²) in [5.41, 5.74) is 3.75. The van der Waals surface area contributed by atoms with Crippen molar-refractivity contribution < 1.29 is 4.52 Å². The molecule has 0 amide bonds. The fourth-order valence-corrected chi connectivity index (χ4v) is 3.26. The third-order valence-corrected chi connectivity index (χ3v) is 4.89. The van der Waals surface area contributed by atoms with Gasteiger partial charge in [0.05, 0.1) is 5.69 Å². The van der Waals surface area contributed by atoms with Crippen molar-refractivity contribution in [1.82, 2.24) is 20.3 Å². The molecule has 148 valence electrons. The maximum Gasteiger partial charge on any atom is 0.193 e. The highest BCUT2D eigenvalue weighted by Gasteiger charge is 2.20. The van der Waals surface area contributed by atoms with E-state index in [2.05, 4.69) is 56.5 Å². The predicted molar refractivity (Wildman–Crippen MR) is 120 cm³/mol. The van der Waals surface area contributed by atoms with Crippen LogP contribution in [0.4, 0.5) is 0 Å². The number of benzene rings is 1. The molecule has 1 fully saturated rings. The van der Waals surface area contributed by atoms with Crippen molar-refractivity contribution >= 4 is 29.9 Å². The van der Waals surface area contributed by atoms with Crippen LogP contribution in [0.5, 0.6) is 0 Å². The molecule has 1 saturated heterocycles. The Labute approximate surface area is 179 Å². The van der Waals surface area contributed by atoms with Crippen LogP contribution in [0.25, 0.3) is 0 Å². The number of nitrogens with one attached hydrogen (secondary N) is 1. The lowest BCUT2D eigenvalue weighted by atomic mass is 10.1. The number of rotatable bonds is 6. The number of aryl methyl sites for hydroxylation is 1. The molecule has 0 unspecified atom stereocenters. The summed E-state index contributed by atoms with van der Waals surface area (Å²) in [6, 6.07) is 10.8. The normalized spacial score (nSPS) is 15.5. The van der Waals surface area contributed by atoms with Crippen LogP contribution in [-0.2, 0) is 19.4 Å². The van der Waals surface area contributed by atoms with Crippen molar-refractivity contribution in [2.24, 2.45) is 4.99 Å². The molecule has 0 bridgehead atoms. The Hall–Kier alpha value is -1.61. The fourth-order valence-electron chi connectivity index (χ4n) is 3.26. The van der Waals surface area contributed by atoms with Gasteiger partial charge in [0.2, 0.25) is 0 Å². The van der Waals surface area contributed by atoms with Gasteiger partial charge in [0, 0.05) is 52.4 Å². The van der Waals surface area contributed by atoms with Gasteiger partial charge in [-0.05, 0) is 24.0 Å². The minimum atomic E-state index is 0. The molecule has 7 heteroatoms. The smallest absolute Gasteiger partial charge is 0.193 e. The van der Waals surface area contributed by atoms with E-state index in [0.29, 0.717) is 0 Å². The van der Waals surface area contributed by atoms with Gasteiger partial charge >= 0.3 is 0 Å². The van der Waals surface area contributed by atoms with Gasteiger partial charge in [-0.2, -0.15) is 0 Å². The van der Waals surface area contributed by atoms with E-state index in [1.807, 2.05) is 13.1 Å². The lowest BCUT2D eigenvalue weighted by molar-refractivity contribution is 0.169. The second-order valence-electron chi connectivity index (χ2n) is 6.65. The number of guanidine groups is 1. The van der Waals surface area contributed by atoms with Crippen LogP contribution >= 0.6 is 24.0 Å². The van der Waals surface area contributed by atoms with Crippen molar-refractivity contribution in [3.8, 4) is 0 Å². The molecule has 1 aromatic heterocycles. The summed E-state index contributed by atoms with van der Waals surface area (Å²) in [4.78, 5) is 9.19. The number of halogens is 1. The largest absolute Gasteiger partial charge is 0.364 e. The first-order valence-electron chi connectivity index (χ1n) is 9.43. The van der Waals surface area contributed by atoms with Crippen LogP contribution < -0.4 is 5.32 Å². The second kappa shape index (κ2) is 11.3. The van der Waals surface area contributed by atoms with Crippen LogP contribution in [0, 0.1) is 0 Å². The summed E-state index contributed by atoms with van der Waals surface area (Å²) in [6.45, 7) is 7.90. The Morgan fingerprint density at radius 1 is 1.11 bits per heavy atom. The minimum Gasteiger partial charge on any atom is -0.364 e. The first kappa shape index (κ1) is 21.7. The molecule has 1 aliphatic heterocycles. The molecule has 0 spiro atoms. The van der Waals surface area contributed by atoms with E-state index >= 15 is 0 Å². The van der Waals surface area contributed by atoms with Crippen LogP contribution in [-0.4, -0.2) is 60.7 Å². The second-order valence-corrected chi connectivity index (χ2v) is 6.65. The Morgan fingerprint density at radius 3 is 2.41 bits per heavy atom. The molecule has 2 aromatic rings. The van der Waals surface area contributed by atoms with Gasteiger partial charge in [0.25, 0.3) is 0 Å². The van der Waals surface area contributed by atoms with E-state index in [0.717, 1.165) is 63.8 Å². The third-order valence-electron chi connectivity index (χ3n) is 4.89. The predicted octanol–water partition coefficient (Wildman–Crippen LogP) is 2.79. The molecular weight excluding hydrogens is 453 g/mol. The van der Waals surface area contributed by atoms with E-state index in [-0.39, 0.29) is 24.0 Å². The minimum absolute atomic E-state index is 0. The highest BCUT2D eigenvalue weighted by molar-refractivity contribution is 14.0. The average molecular weight is 483 g/mol. The molecule has 1 aliphatic rings. The molecule has 6 nitrogen and oxygen atoms in total. The lowest BCUT2D eigenvalue weighted by Crippen LogP contribution is -2.52. The van der Waals surface area contributed by atoms with Gasteiger partial charge in [-0.15, -0.1) is 24.0 Å². The summed E-state index contributed by atoms with van der Waals surface area (Å²) < 4.78 is 4.91. The summed E-state index contributed by atoms with van der Waals surface area (Å²) in [5.74, 6) is 0.997. The highest BCUT2D eigenvalue weighted by Crippen LogP contribution is 2.08. The summed E-state index contributed by atoms with van der Waals surface area (Å²) in [6.07, 6.45) is 3.73. The zero-order valence-corrected chi connectivity index (χ0v) is 18.6. The molecular formula is C20H30IN5O. The van der Waals surface area contributed by atoms with Gasteiger partial charge < -0.3 is 14.7 Å². The Kier molecular flexibility index (Phi) is 9.06. The van der Waals surface area contributed by atoms with Gasteiger partial charge in [0.1, 0.15) is 6.26 Å². The number of piperazine rings is 1. The quantitative estimate of drug-likeness (QED) is 0.389. The molecule has 0 aliphatic carbocycles. The molecule has 27 heavy (non-hydrogen) atoms. The van der Waals surface area contributed by atoms with E-state index in [4.69, 9.17) is 4.52 Å². The van der Waals surface area contributed by atoms with Gasteiger partial charge in [-0.3, -0.25) is 9.89 Å². The fraction of sp³-hybridized carbons (Fsp3) is 0.500. The van der Waals surface area contributed by atoms with Crippen molar-refractivity contribution in [2.75, 3.05) is 39.8 Å². The van der Waals surface area contributed by atoms with Crippen molar-refractivity contribution in [3.05, 3.63) is 53.4 Å². The Bertz CT molecular complexity index is 679. The summed E-state index contributed by atoms with van der Waals surface area (Å²) >= 11 is 0. The molecule has 0 saturated carbocycles. The number of nitrogens with zero attached hydrogens (tertiary/aromatic N) is 4. The van der Waals surface area contributed by atoms with Gasteiger partial charge in [-0.1, -0.05) is 36.3 Å². The van der Waals surface area contributed by atoms with E-state index in [1.54, 1.807) is 6.26 Å². The summed E-state index contributed by atoms with van der Waals surface area (Å²) in [5, 5.41) is 7.50. The van der Waals surface area contributed by atoms with Crippen molar-refractivity contribution in [1.29, 1.82) is 0 Å². The van der Waals surface area contributed by atoms with Crippen LogP contribution in [0.3, 0.4) is 0 Å². The molecule has 1 N–H and O–H groups in total. The number of aromatic nitrogens is 1. The first-order chi connectivity index (χ1) is 12.8.